The van der Waals surface area contributed by atoms with E-state index in [9.17, 15) is 9.59 Å². The third-order valence-electron chi connectivity index (χ3n) is 6.23. The summed E-state index contributed by atoms with van der Waals surface area (Å²) in [5, 5.41) is 0. The molecule has 1 aliphatic heterocycles. The molecule has 1 amide bonds. The highest BCUT2D eigenvalue weighted by atomic mass is 16.2. The Kier molecular flexibility index (Phi) is 6.64. The van der Waals surface area contributed by atoms with Crippen molar-refractivity contribution in [2.75, 3.05) is 24.5 Å². The van der Waals surface area contributed by atoms with Gasteiger partial charge in [0.05, 0.1) is 0 Å². The zero-order chi connectivity index (χ0) is 21.8. The molecular weight excluding hydrogens is 388 g/mol. The van der Waals surface area contributed by atoms with Crippen LogP contribution in [-0.4, -0.2) is 46.2 Å². The van der Waals surface area contributed by atoms with Gasteiger partial charge in [-0.15, -0.1) is 0 Å². The van der Waals surface area contributed by atoms with E-state index in [-0.39, 0.29) is 11.7 Å². The first-order valence-corrected chi connectivity index (χ1v) is 11.5. The van der Waals surface area contributed by atoms with Crippen LogP contribution in [0.25, 0.3) is 0 Å². The predicted octanol–water partition coefficient (Wildman–Crippen LogP) is 3.96. The Labute approximate surface area is 184 Å². The number of carbonyl (C=O) groups excluding carboxylic acids is 2. The van der Waals surface area contributed by atoms with Crippen LogP contribution in [0.3, 0.4) is 0 Å². The molecule has 31 heavy (non-hydrogen) atoms. The van der Waals surface area contributed by atoms with Crippen molar-refractivity contribution in [1.82, 2.24) is 14.9 Å². The Morgan fingerprint density at radius 1 is 1.23 bits per heavy atom. The second-order valence-electron chi connectivity index (χ2n) is 8.93. The molecule has 2 heterocycles. The monoisotopic (exact) mass is 420 g/mol. The van der Waals surface area contributed by atoms with Crippen molar-refractivity contribution >= 4 is 17.5 Å². The molecule has 0 unspecified atom stereocenters. The summed E-state index contributed by atoms with van der Waals surface area (Å²) < 4.78 is 0. The summed E-state index contributed by atoms with van der Waals surface area (Å²) in [5.74, 6) is 1.86. The van der Waals surface area contributed by atoms with E-state index in [1.807, 2.05) is 30.0 Å². The van der Waals surface area contributed by atoms with E-state index in [0.717, 1.165) is 60.9 Å². The molecule has 1 aromatic heterocycles. The van der Waals surface area contributed by atoms with Crippen LogP contribution < -0.4 is 4.90 Å². The van der Waals surface area contributed by atoms with Crippen LogP contribution in [-0.2, 0) is 17.8 Å². The zero-order valence-corrected chi connectivity index (χ0v) is 18.6. The lowest BCUT2D eigenvalue weighted by atomic mass is 9.99. The fourth-order valence-electron chi connectivity index (χ4n) is 4.26. The highest BCUT2D eigenvalue weighted by molar-refractivity contribution is 5.96. The van der Waals surface area contributed by atoms with Crippen molar-refractivity contribution in [2.45, 2.75) is 58.9 Å². The van der Waals surface area contributed by atoms with Crippen LogP contribution in [0.5, 0.6) is 0 Å². The Bertz CT molecular complexity index is 954. The van der Waals surface area contributed by atoms with Crippen LogP contribution in [0.1, 0.15) is 66.2 Å². The second-order valence-corrected chi connectivity index (χ2v) is 8.93. The third kappa shape index (κ3) is 5.49. The van der Waals surface area contributed by atoms with Crippen LogP contribution in [0.4, 0.5) is 5.82 Å². The van der Waals surface area contributed by atoms with Crippen LogP contribution in [0, 0.1) is 12.8 Å². The van der Waals surface area contributed by atoms with Gasteiger partial charge in [0.25, 0.3) is 0 Å². The molecular formula is C25H32N4O2. The second kappa shape index (κ2) is 9.58. The minimum Gasteiger partial charge on any atom is -0.356 e. The van der Waals surface area contributed by atoms with Crippen molar-refractivity contribution in [3.63, 3.8) is 0 Å². The molecule has 2 aromatic rings. The van der Waals surface area contributed by atoms with Gasteiger partial charge in [0.15, 0.2) is 5.78 Å². The maximum Gasteiger partial charge on any atom is 0.222 e. The standard InChI is InChI=1S/C25H32N4O2/c1-3-10-28(15-19-6-7-19)24-14-22(26-17-27-24)23(30)13-21-9-8-20(12-18(21)2)16-29-11-4-5-25(29)31/h8-9,12,14,17,19H,3-7,10-11,13,15-16H2,1-2H3. The highest BCUT2D eigenvalue weighted by Crippen LogP contribution is 2.31. The number of likely N-dealkylation sites (tertiary alicyclic amines) is 1. The van der Waals surface area contributed by atoms with Gasteiger partial charge in [-0.2, -0.15) is 0 Å². The molecule has 0 atom stereocenters. The lowest BCUT2D eigenvalue weighted by Crippen LogP contribution is -2.27. The number of aryl methyl sites for hydroxylation is 1. The number of rotatable bonds is 10. The summed E-state index contributed by atoms with van der Waals surface area (Å²) in [6.45, 7) is 7.64. The zero-order valence-electron chi connectivity index (χ0n) is 18.6. The SMILES string of the molecule is CCCN(CC1CC1)c1cc(C(=O)Cc2ccc(CN3CCCC3=O)cc2C)ncn1. The molecule has 0 spiro atoms. The van der Waals surface area contributed by atoms with Crippen molar-refractivity contribution in [2.24, 2.45) is 5.92 Å². The Morgan fingerprint density at radius 2 is 2.06 bits per heavy atom. The molecule has 0 N–H and O–H groups in total. The quantitative estimate of drug-likeness (QED) is 0.544. The molecule has 1 saturated carbocycles. The van der Waals surface area contributed by atoms with Gasteiger partial charge in [0, 0.05) is 45.1 Å². The minimum atomic E-state index is 0.0112. The number of nitrogens with zero attached hydrogens (tertiary/aromatic N) is 4. The van der Waals surface area contributed by atoms with E-state index < -0.39 is 0 Å². The molecule has 1 saturated heterocycles. The summed E-state index contributed by atoms with van der Waals surface area (Å²) in [7, 11) is 0. The molecule has 2 aliphatic rings. The predicted molar refractivity (Wildman–Crippen MR) is 121 cm³/mol. The third-order valence-corrected chi connectivity index (χ3v) is 6.23. The first-order chi connectivity index (χ1) is 15.0. The van der Waals surface area contributed by atoms with Gasteiger partial charge in [-0.05, 0) is 55.2 Å². The Morgan fingerprint density at radius 3 is 2.74 bits per heavy atom. The van der Waals surface area contributed by atoms with Gasteiger partial charge in [0.2, 0.25) is 5.91 Å². The van der Waals surface area contributed by atoms with E-state index in [2.05, 4.69) is 27.9 Å². The lowest BCUT2D eigenvalue weighted by molar-refractivity contribution is -0.128. The van der Waals surface area contributed by atoms with Crippen LogP contribution >= 0.6 is 0 Å². The number of hydrogen-bond acceptors (Lipinski definition) is 5. The topological polar surface area (TPSA) is 66.4 Å². The molecule has 4 rings (SSSR count). The smallest absolute Gasteiger partial charge is 0.222 e. The number of amides is 1. The van der Waals surface area contributed by atoms with Crippen molar-refractivity contribution in [3.05, 3.63) is 53.0 Å². The summed E-state index contributed by atoms with van der Waals surface area (Å²) in [5.41, 5.74) is 3.68. The highest BCUT2D eigenvalue weighted by Gasteiger charge is 2.25. The maximum atomic E-state index is 13.0. The van der Waals surface area contributed by atoms with Crippen molar-refractivity contribution in [1.29, 1.82) is 0 Å². The molecule has 0 bridgehead atoms. The molecule has 1 aromatic carbocycles. The summed E-state index contributed by atoms with van der Waals surface area (Å²) in [4.78, 5) is 37.8. The summed E-state index contributed by atoms with van der Waals surface area (Å²) >= 11 is 0. The van der Waals surface area contributed by atoms with E-state index in [1.165, 1.54) is 19.2 Å². The number of benzene rings is 1. The normalized spacial score (nSPS) is 16.1. The van der Waals surface area contributed by atoms with E-state index in [4.69, 9.17) is 0 Å². The number of aromatic nitrogens is 2. The van der Waals surface area contributed by atoms with Gasteiger partial charge in [0.1, 0.15) is 17.8 Å². The number of carbonyl (C=O) groups is 2. The fourth-order valence-corrected chi connectivity index (χ4v) is 4.26. The van der Waals surface area contributed by atoms with Gasteiger partial charge < -0.3 is 9.80 Å². The van der Waals surface area contributed by atoms with Crippen molar-refractivity contribution in [3.8, 4) is 0 Å². The Balaban J connectivity index is 1.43. The fraction of sp³-hybridized carbons (Fsp3) is 0.520. The van der Waals surface area contributed by atoms with Crippen LogP contribution in [0.15, 0.2) is 30.6 Å². The molecule has 6 heteroatoms. The molecule has 2 fully saturated rings. The molecule has 0 radical (unpaired) electrons. The minimum absolute atomic E-state index is 0.0112. The first-order valence-electron chi connectivity index (χ1n) is 11.5. The largest absolute Gasteiger partial charge is 0.356 e. The maximum absolute atomic E-state index is 13.0. The van der Waals surface area contributed by atoms with Gasteiger partial charge in [-0.3, -0.25) is 9.59 Å². The van der Waals surface area contributed by atoms with E-state index in [0.29, 0.717) is 25.1 Å². The van der Waals surface area contributed by atoms with E-state index in [1.54, 1.807) is 0 Å². The number of hydrogen-bond donors (Lipinski definition) is 0. The first kappa shape index (κ1) is 21.5. The molecule has 6 nitrogen and oxygen atoms in total. The lowest BCUT2D eigenvalue weighted by Gasteiger charge is -2.23. The average Bonchev–Trinajstić information content (AvgIpc) is 3.50. The van der Waals surface area contributed by atoms with Gasteiger partial charge in [-0.1, -0.05) is 25.1 Å². The summed E-state index contributed by atoms with van der Waals surface area (Å²) in [6, 6.07) is 7.99. The number of Topliss-reactive ketones (excluding diaryl/α,β-unsaturated/α-hetero) is 1. The van der Waals surface area contributed by atoms with Gasteiger partial charge >= 0.3 is 0 Å². The van der Waals surface area contributed by atoms with E-state index >= 15 is 0 Å². The number of anilines is 1. The molecule has 164 valence electrons. The summed E-state index contributed by atoms with van der Waals surface area (Å²) in [6.07, 6.45) is 7.07. The Hall–Kier alpha value is -2.76. The average molecular weight is 421 g/mol. The van der Waals surface area contributed by atoms with Gasteiger partial charge in [-0.25, -0.2) is 9.97 Å². The van der Waals surface area contributed by atoms with Crippen molar-refractivity contribution < 1.29 is 9.59 Å². The molecule has 1 aliphatic carbocycles. The van der Waals surface area contributed by atoms with Crippen LogP contribution in [0.2, 0.25) is 0 Å². The number of ketones is 1.